The highest BCUT2D eigenvalue weighted by Crippen LogP contribution is 2.09. The molecule has 1 rings (SSSR count). The van der Waals surface area contributed by atoms with Crippen molar-refractivity contribution >= 4 is 0 Å². The Morgan fingerprint density at radius 3 is 2.75 bits per heavy atom. The van der Waals surface area contributed by atoms with Gasteiger partial charge in [-0.15, -0.1) is 0 Å². The molecule has 0 saturated carbocycles. The molecular formula is C9H20N2O. The molecule has 1 fully saturated rings. The second kappa shape index (κ2) is 5.51. The second-order valence-corrected chi connectivity index (χ2v) is 3.69. The van der Waals surface area contributed by atoms with Gasteiger partial charge in [0.25, 0.3) is 0 Å². The van der Waals surface area contributed by atoms with Gasteiger partial charge in [0.1, 0.15) is 0 Å². The van der Waals surface area contributed by atoms with E-state index in [1.807, 2.05) is 6.92 Å². The number of piperidine rings is 1. The van der Waals surface area contributed by atoms with Crippen LogP contribution in [-0.4, -0.2) is 37.4 Å². The Morgan fingerprint density at radius 2 is 2.17 bits per heavy atom. The maximum absolute atomic E-state index is 8.79. The molecule has 1 aliphatic rings. The van der Waals surface area contributed by atoms with Crippen molar-refractivity contribution in [2.45, 2.75) is 25.8 Å². The van der Waals surface area contributed by atoms with Crippen LogP contribution in [0.1, 0.15) is 19.8 Å². The molecule has 0 bridgehead atoms. The van der Waals surface area contributed by atoms with E-state index in [9.17, 15) is 0 Å². The number of hydrogen-bond acceptors (Lipinski definition) is 3. The summed E-state index contributed by atoms with van der Waals surface area (Å²) in [5.74, 6) is 0.806. The zero-order chi connectivity index (χ0) is 8.81. The second-order valence-electron chi connectivity index (χ2n) is 3.69. The van der Waals surface area contributed by atoms with Gasteiger partial charge in [-0.1, -0.05) is 0 Å². The SMILES string of the molecule is C[C@H](CO)NCC1CCNCC1. The van der Waals surface area contributed by atoms with Crippen LogP contribution in [0.3, 0.4) is 0 Å². The molecule has 0 aliphatic carbocycles. The van der Waals surface area contributed by atoms with Crippen molar-refractivity contribution in [2.75, 3.05) is 26.2 Å². The van der Waals surface area contributed by atoms with Crippen molar-refractivity contribution in [1.29, 1.82) is 0 Å². The standard InChI is InChI=1S/C9H20N2O/c1-8(7-12)11-6-9-2-4-10-5-3-9/h8-12H,2-7H2,1H3/t8-/m1/s1. The van der Waals surface area contributed by atoms with Gasteiger partial charge in [0.05, 0.1) is 6.61 Å². The number of aliphatic hydroxyl groups is 1. The smallest absolute Gasteiger partial charge is 0.0581 e. The predicted octanol–water partition coefficient (Wildman–Crippen LogP) is -0.0436. The fraction of sp³-hybridized carbons (Fsp3) is 1.00. The van der Waals surface area contributed by atoms with Gasteiger partial charge >= 0.3 is 0 Å². The predicted molar refractivity (Wildman–Crippen MR) is 50.1 cm³/mol. The molecular weight excluding hydrogens is 152 g/mol. The van der Waals surface area contributed by atoms with Crippen molar-refractivity contribution in [3.63, 3.8) is 0 Å². The normalized spacial score (nSPS) is 22.5. The molecule has 0 aromatic carbocycles. The topological polar surface area (TPSA) is 44.3 Å². The van der Waals surface area contributed by atoms with E-state index in [4.69, 9.17) is 5.11 Å². The van der Waals surface area contributed by atoms with Crippen LogP contribution in [-0.2, 0) is 0 Å². The minimum Gasteiger partial charge on any atom is -0.395 e. The first kappa shape index (κ1) is 9.96. The van der Waals surface area contributed by atoms with E-state index in [2.05, 4.69) is 10.6 Å². The van der Waals surface area contributed by atoms with Gasteiger partial charge in [0, 0.05) is 6.04 Å². The van der Waals surface area contributed by atoms with Crippen molar-refractivity contribution in [3.05, 3.63) is 0 Å². The molecule has 1 heterocycles. The average Bonchev–Trinajstić information content (AvgIpc) is 2.16. The Morgan fingerprint density at radius 1 is 1.50 bits per heavy atom. The molecule has 3 nitrogen and oxygen atoms in total. The Balaban J connectivity index is 2.05. The molecule has 0 spiro atoms. The van der Waals surface area contributed by atoms with Crippen molar-refractivity contribution in [1.82, 2.24) is 10.6 Å². The van der Waals surface area contributed by atoms with E-state index < -0.39 is 0 Å². The van der Waals surface area contributed by atoms with Crippen molar-refractivity contribution in [3.8, 4) is 0 Å². The number of aliphatic hydroxyl groups excluding tert-OH is 1. The van der Waals surface area contributed by atoms with E-state index in [-0.39, 0.29) is 12.6 Å². The third-order valence-corrected chi connectivity index (χ3v) is 2.49. The minimum atomic E-state index is 0.241. The summed E-state index contributed by atoms with van der Waals surface area (Å²) < 4.78 is 0. The molecule has 0 aromatic rings. The van der Waals surface area contributed by atoms with Gasteiger partial charge < -0.3 is 15.7 Å². The number of rotatable bonds is 4. The molecule has 1 saturated heterocycles. The van der Waals surface area contributed by atoms with Gasteiger partial charge in [-0.3, -0.25) is 0 Å². The van der Waals surface area contributed by atoms with Gasteiger partial charge in [-0.2, -0.15) is 0 Å². The quantitative estimate of drug-likeness (QED) is 0.557. The lowest BCUT2D eigenvalue weighted by Crippen LogP contribution is -2.38. The molecule has 3 heteroatoms. The van der Waals surface area contributed by atoms with Crippen LogP contribution in [0.15, 0.2) is 0 Å². The summed E-state index contributed by atoms with van der Waals surface area (Å²) >= 11 is 0. The van der Waals surface area contributed by atoms with Crippen LogP contribution < -0.4 is 10.6 Å². The van der Waals surface area contributed by atoms with Crippen LogP contribution in [0.5, 0.6) is 0 Å². The first-order chi connectivity index (χ1) is 5.83. The lowest BCUT2D eigenvalue weighted by atomic mass is 9.98. The van der Waals surface area contributed by atoms with E-state index >= 15 is 0 Å². The molecule has 1 atom stereocenters. The Bertz CT molecular complexity index is 113. The lowest BCUT2D eigenvalue weighted by Gasteiger charge is -2.24. The van der Waals surface area contributed by atoms with Crippen LogP contribution in [0.2, 0.25) is 0 Å². The van der Waals surface area contributed by atoms with Crippen LogP contribution in [0.25, 0.3) is 0 Å². The fourth-order valence-electron chi connectivity index (χ4n) is 1.52. The van der Waals surface area contributed by atoms with Crippen LogP contribution in [0, 0.1) is 5.92 Å². The van der Waals surface area contributed by atoms with E-state index in [0.29, 0.717) is 0 Å². The van der Waals surface area contributed by atoms with Crippen molar-refractivity contribution in [2.24, 2.45) is 5.92 Å². The molecule has 0 unspecified atom stereocenters. The Labute approximate surface area is 74.5 Å². The zero-order valence-electron chi connectivity index (χ0n) is 7.84. The number of nitrogens with one attached hydrogen (secondary N) is 2. The van der Waals surface area contributed by atoms with E-state index in [0.717, 1.165) is 25.6 Å². The maximum atomic E-state index is 8.79. The summed E-state index contributed by atoms with van der Waals surface area (Å²) in [6.07, 6.45) is 2.54. The molecule has 3 N–H and O–H groups in total. The van der Waals surface area contributed by atoms with Gasteiger partial charge in [0.2, 0.25) is 0 Å². The summed E-state index contributed by atoms with van der Waals surface area (Å²) in [5.41, 5.74) is 0. The highest BCUT2D eigenvalue weighted by Gasteiger charge is 2.12. The fourth-order valence-corrected chi connectivity index (χ4v) is 1.52. The summed E-state index contributed by atoms with van der Waals surface area (Å²) in [5, 5.41) is 15.5. The third-order valence-electron chi connectivity index (χ3n) is 2.49. The molecule has 0 radical (unpaired) electrons. The summed E-state index contributed by atoms with van der Waals surface area (Å²) in [6.45, 7) is 5.62. The lowest BCUT2D eigenvalue weighted by molar-refractivity contribution is 0.240. The molecule has 0 amide bonds. The van der Waals surface area contributed by atoms with Gasteiger partial charge in [0.15, 0.2) is 0 Å². The average molecular weight is 172 g/mol. The molecule has 0 aromatic heterocycles. The van der Waals surface area contributed by atoms with Crippen LogP contribution >= 0.6 is 0 Å². The first-order valence-corrected chi connectivity index (χ1v) is 4.88. The maximum Gasteiger partial charge on any atom is 0.0581 e. The van der Waals surface area contributed by atoms with Gasteiger partial charge in [-0.25, -0.2) is 0 Å². The molecule has 12 heavy (non-hydrogen) atoms. The highest BCUT2D eigenvalue weighted by molar-refractivity contribution is 4.71. The molecule has 72 valence electrons. The van der Waals surface area contributed by atoms with Crippen molar-refractivity contribution < 1.29 is 5.11 Å². The van der Waals surface area contributed by atoms with Crippen LogP contribution in [0.4, 0.5) is 0 Å². The van der Waals surface area contributed by atoms with E-state index in [1.54, 1.807) is 0 Å². The largest absolute Gasteiger partial charge is 0.395 e. The zero-order valence-corrected chi connectivity index (χ0v) is 7.84. The van der Waals surface area contributed by atoms with E-state index in [1.165, 1.54) is 12.8 Å². The monoisotopic (exact) mass is 172 g/mol. The Kier molecular flexibility index (Phi) is 4.58. The first-order valence-electron chi connectivity index (χ1n) is 4.88. The summed E-state index contributed by atoms with van der Waals surface area (Å²) in [6, 6.07) is 0.250. The third kappa shape index (κ3) is 3.52. The molecule has 1 aliphatic heterocycles. The highest BCUT2D eigenvalue weighted by atomic mass is 16.3. The minimum absolute atomic E-state index is 0.241. The number of hydrogen-bond donors (Lipinski definition) is 3. The summed E-state index contributed by atoms with van der Waals surface area (Å²) in [4.78, 5) is 0. The Hall–Kier alpha value is -0.120. The summed E-state index contributed by atoms with van der Waals surface area (Å²) in [7, 11) is 0. The van der Waals surface area contributed by atoms with Gasteiger partial charge in [-0.05, 0) is 45.3 Å².